The van der Waals surface area contributed by atoms with Crippen molar-refractivity contribution in [3.05, 3.63) is 101 Å². The molecular formula is C32H40B2O4PS. The van der Waals surface area contributed by atoms with Crippen molar-refractivity contribution in [3.8, 4) is 0 Å². The monoisotopic (exact) mass is 573 g/mol. The predicted octanol–water partition coefficient (Wildman–Crippen LogP) is 7.18. The summed E-state index contributed by atoms with van der Waals surface area (Å²) in [5.41, 5.74) is 4.72. The van der Waals surface area contributed by atoms with Crippen LogP contribution < -0.4 is 0 Å². The molecule has 1 aliphatic rings. The van der Waals surface area contributed by atoms with E-state index in [9.17, 15) is 4.70 Å². The molecule has 8 heteroatoms. The molecule has 209 valence electrons. The van der Waals surface area contributed by atoms with Crippen LogP contribution >= 0.6 is 20.2 Å². The van der Waals surface area contributed by atoms with E-state index in [1.165, 1.54) is 16.0 Å². The van der Waals surface area contributed by atoms with Crippen molar-refractivity contribution in [1.29, 1.82) is 0 Å². The van der Waals surface area contributed by atoms with E-state index in [0.29, 0.717) is 28.3 Å². The third-order valence-electron chi connectivity index (χ3n) is 7.42. The maximum absolute atomic E-state index is 11.4. The van der Waals surface area contributed by atoms with Crippen LogP contribution in [0.2, 0.25) is 0 Å². The molecule has 0 saturated carbocycles. The van der Waals surface area contributed by atoms with Crippen LogP contribution in [-0.2, 0) is 37.5 Å². The van der Waals surface area contributed by atoms with E-state index in [4.69, 9.17) is 14.2 Å². The second-order valence-electron chi connectivity index (χ2n) is 11.5. The van der Waals surface area contributed by atoms with Crippen LogP contribution in [0.1, 0.15) is 49.9 Å². The van der Waals surface area contributed by atoms with E-state index < -0.39 is 0 Å². The quantitative estimate of drug-likeness (QED) is 0.170. The molecule has 4 rings (SSSR count). The van der Waals surface area contributed by atoms with Crippen molar-refractivity contribution in [2.45, 2.75) is 81.4 Å². The Kier molecular flexibility index (Phi) is 11.6. The molecule has 0 aliphatic carbocycles. The summed E-state index contributed by atoms with van der Waals surface area (Å²) in [7, 11) is 1.25. The summed E-state index contributed by atoms with van der Waals surface area (Å²) >= 11 is 1.74. The van der Waals surface area contributed by atoms with Crippen LogP contribution in [0.3, 0.4) is 0 Å². The Bertz CT molecular complexity index is 1210. The van der Waals surface area contributed by atoms with Gasteiger partial charge in [-0.3, -0.25) is 0 Å². The topological polar surface area (TPSA) is 44.8 Å². The molecule has 1 heterocycles. The summed E-state index contributed by atoms with van der Waals surface area (Å²) in [6.45, 7) is 14.4. The number of hydrogen-bond acceptors (Lipinski definition) is 5. The minimum absolute atomic E-state index is 0.0464. The Hall–Kier alpha value is -1.75. The average molecular weight is 573 g/mol. The standard InChI is InChI=1S/C32H40B2O4PS/c1-22-16-17-26(32(3,4)5)18-28(22)40-31-29(37-20-25-14-10-7-11-15-25)30(39-34-33-35)23(2)27(38-31)21-36-19-24-12-8-6-9-13-24/h6-18,23,27,29-31,39H,19-21H2,1-5H3/t23-,27?,29?,30+,31+/m1/s1. The van der Waals surface area contributed by atoms with E-state index in [-0.39, 0.29) is 34.6 Å². The summed E-state index contributed by atoms with van der Waals surface area (Å²) in [6, 6.07) is 27.2. The van der Waals surface area contributed by atoms with Gasteiger partial charge in [0.15, 0.2) is 0 Å². The van der Waals surface area contributed by atoms with Crippen molar-refractivity contribution in [2.24, 2.45) is 5.92 Å². The van der Waals surface area contributed by atoms with Gasteiger partial charge in [-0.1, -0.05) is 0 Å². The Balaban J connectivity index is 1.60. The van der Waals surface area contributed by atoms with Gasteiger partial charge in [-0.05, 0) is 0 Å². The van der Waals surface area contributed by atoms with Crippen molar-refractivity contribution in [1.82, 2.24) is 0 Å². The van der Waals surface area contributed by atoms with Crippen LogP contribution in [0.25, 0.3) is 0 Å². The fourth-order valence-electron chi connectivity index (χ4n) is 4.89. The van der Waals surface area contributed by atoms with Gasteiger partial charge < -0.3 is 0 Å². The number of benzene rings is 3. The van der Waals surface area contributed by atoms with Crippen LogP contribution in [0, 0.1) is 12.8 Å². The van der Waals surface area contributed by atoms with Gasteiger partial charge in [-0.15, -0.1) is 0 Å². The van der Waals surface area contributed by atoms with Gasteiger partial charge in [0, 0.05) is 0 Å². The molecule has 3 aromatic carbocycles. The Morgan fingerprint density at radius 3 is 2.23 bits per heavy atom. The first-order valence-electron chi connectivity index (χ1n) is 14.0. The molecule has 1 radical (unpaired) electrons. The normalized spacial score (nSPS) is 23.3. The molecule has 1 saturated heterocycles. The van der Waals surface area contributed by atoms with Crippen LogP contribution in [-0.4, -0.2) is 43.8 Å². The molecule has 3 unspecified atom stereocenters. The van der Waals surface area contributed by atoms with Gasteiger partial charge in [0.25, 0.3) is 0 Å². The maximum atomic E-state index is 11.4. The molecule has 3 aromatic rings. The fraction of sp³-hybridized carbons (Fsp3) is 0.438. The average Bonchev–Trinajstić information content (AvgIpc) is 2.94. The molecule has 40 heavy (non-hydrogen) atoms. The molecule has 0 bridgehead atoms. The van der Waals surface area contributed by atoms with Gasteiger partial charge in [-0.25, -0.2) is 0 Å². The Morgan fingerprint density at radius 2 is 1.60 bits per heavy atom. The van der Waals surface area contributed by atoms with Gasteiger partial charge in [0.2, 0.25) is 0 Å². The molecule has 1 fully saturated rings. The molecule has 0 spiro atoms. The van der Waals surface area contributed by atoms with Crippen molar-refractivity contribution in [3.63, 3.8) is 0 Å². The zero-order valence-electron chi connectivity index (χ0n) is 24.2. The summed E-state index contributed by atoms with van der Waals surface area (Å²) in [5.74, 6) is 0.157. The number of rotatable bonds is 12. The van der Waals surface area contributed by atoms with Gasteiger partial charge in [0.05, 0.1) is 0 Å². The van der Waals surface area contributed by atoms with Gasteiger partial charge >= 0.3 is 248 Å². The first-order valence-corrected chi connectivity index (χ1v) is 16.0. The first kappa shape index (κ1) is 31.2. The van der Waals surface area contributed by atoms with Crippen molar-refractivity contribution < 1.29 is 18.9 Å². The van der Waals surface area contributed by atoms with Crippen molar-refractivity contribution in [2.75, 3.05) is 6.61 Å². The molecule has 6 atom stereocenters. The van der Waals surface area contributed by atoms with E-state index in [2.05, 4.69) is 77.1 Å². The summed E-state index contributed by atoms with van der Waals surface area (Å²) in [6.07, 6.45) is -0.292. The number of ether oxygens (including phenoxy) is 3. The van der Waals surface area contributed by atoms with Gasteiger partial charge in [-0.2, -0.15) is 0 Å². The molecular weight excluding hydrogens is 533 g/mol. The molecule has 4 nitrogen and oxygen atoms in total. The van der Waals surface area contributed by atoms with Gasteiger partial charge in [0.1, 0.15) is 0 Å². The fourth-order valence-corrected chi connectivity index (χ4v) is 7.59. The van der Waals surface area contributed by atoms with E-state index in [0.717, 1.165) is 18.2 Å². The summed E-state index contributed by atoms with van der Waals surface area (Å²) in [5, 5.41) is 0. The SMILES string of the molecule is Cc1ccc(C(C)(C)C)cc1S[C@@H]1OC(COCc2ccccc2)[C@@H](C)[C@H](P[B]B=O)C1OCc1ccccc1. The summed E-state index contributed by atoms with van der Waals surface area (Å²) in [4.78, 5) is 1.20. The second kappa shape index (κ2) is 14.9. The number of hydrogen-bond donors (Lipinski definition) is 0. The molecule has 0 amide bonds. The van der Waals surface area contributed by atoms with E-state index in [1.807, 2.05) is 36.4 Å². The van der Waals surface area contributed by atoms with E-state index in [1.54, 1.807) is 18.7 Å². The molecule has 0 N–H and O–H groups in total. The minimum atomic E-state index is -0.239. The van der Waals surface area contributed by atoms with Crippen LogP contribution in [0.4, 0.5) is 0 Å². The van der Waals surface area contributed by atoms with E-state index >= 15 is 0 Å². The molecule has 1 aliphatic heterocycles. The Morgan fingerprint density at radius 1 is 0.950 bits per heavy atom. The summed E-state index contributed by atoms with van der Waals surface area (Å²) < 4.78 is 31.2. The van der Waals surface area contributed by atoms with Crippen LogP contribution in [0.15, 0.2) is 83.8 Å². The second-order valence-corrected chi connectivity index (χ2v) is 14.0. The van der Waals surface area contributed by atoms with Crippen LogP contribution in [0.5, 0.6) is 0 Å². The number of aryl methyl sites for hydroxylation is 1. The molecule has 0 aromatic heterocycles. The third-order valence-corrected chi connectivity index (χ3v) is 10.3. The zero-order chi connectivity index (χ0) is 28.5. The Labute approximate surface area is 247 Å². The zero-order valence-corrected chi connectivity index (χ0v) is 26.0. The van der Waals surface area contributed by atoms with Crippen molar-refractivity contribution >= 4 is 34.2 Å². The third kappa shape index (κ3) is 8.63. The first-order chi connectivity index (χ1) is 19.3. The predicted molar refractivity (Wildman–Crippen MR) is 169 cm³/mol. The number of thioether (sulfide) groups is 1.